The molecule has 0 amide bonds. The summed E-state index contributed by atoms with van der Waals surface area (Å²) in [4.78, 5) is 0. The van der Waals surface area contributed by atoms with E-state index in [9.17, 15) is 0 Å². The summed E-state index contributed by atoms with van der Waals surface area (Å²) < 4.78 is 6.01. The lowest BCUT2D eigenvalue weighted by Gasteiger charge is -2.45. The molecule has 1 aromatic rings. The summed E-state index contributed by atoms with van der Waals surface area (Å²) in [6.45, 7) is 5.28. The molecule has 3 aliphatic rings. The highest BCUT2D eigenvalue weighted by atomic mass is 16.5. The number of hydrogen-bond acceptors (Lipinski definition) is 1. The second kappa shape index (κ2) is 11.6. The summed E-state index contributed by atoms with van der Waals surface area (Å²) in [5, 5.41) is 0. The smallest absolute Gasteiger partial charge is 0.119 e. The first-order valence-corrected chi connectivity index (χ1v) is 13.6. The highest BCUT2D eigenvalue weighted by Crippen LogP contribution is 2.49. The van der Waals surface area contributed by atoms with Crippen LogP contribution in [0.1, 0.15) is 102 Å². The van der Waals surface area contributed by atoms with Gasteiger partial charge in [-0.25, -0.2) is 0 Å². The Morgan fingerprint density at radius 2 is 1.71 bits per heavy atom. The molecule has 2 saturated carbocycles. The highest BCUT2D eigenvalue weighted by Gasteiger charge is 2.38. The topological polar surface area (TPSA) is 9.23 Å². The van der Waals surface area contributed by atoms with Crippen molar-refractivity contribution in [3.05, 3.63) is 41.5 Å². The first kappa shape index (κ1) is 22.9. The Labute approximate surface area is 192 Å². The van der Waals surface area contributed by atoms with Crippen molar-refractivity contribution in [1.82, 2.24) is 0 Å². The monoisotopic (exact) mass is 422 g/mol. The van der Waals surface area contributed by atoms with E-state index < -0.39 is 0 Å². The average Bonchev–Trinajstić information content (AvgIpc) is 2.81. The van der Waals surface area contributed by atoms with Gasteiger partial charge < -0.3 is 4.74 Å². The van der Waals surface area contributed by atoms with Crippen molar-refractivity contribution in [2.24, 2.45) is 29.6 Å². The second-order valence-corrected chi connectivity index (χ2v) is 10.9. The molecule has 0 aliphatic heterocycles. The van der Waals surface area contributed by atoms with Crippen LogP contribution in [0.3, 0.4) is 0 Å². The maximum Gasteiger partial charge on any atom is 0.119 e. The lowest BCUT2D eigenvalue weighted by molar-refractivity contribution is 0.0699. The largest absolute Gasteiger partial charge is 0.494 e. The molecular weight excluding hydrogens is 376 g/mol. The van der Waals surface area contributed by atoms with Crippen molar-refractivity contribution in [3.63, 3.8) is 0 Å². The molecule has 1 aromatic carbocycles. The molecule has 1 nitrogen and oxygen atoms in total. The van der Waals surface area contributed by atoms with Crippen molar-refractivity contribution in [1.29, 1.82) is 0 Å². The van der Waals surface area contributed by atoms with Gasteiger partial charge in [-0.1, -0.05) is 44.4 Å². The Balaban J connectivity index is 1.26. The van der Waals surface area contributed by atoms with Gasteiger partial charge in [0.15, 0.2) is 0 Å². The average molecular weight is 423 g/mol. The van der Waals surface area contributed by atoms with Crippen molar-refractivity contribution in [2.75, 3.05) is 6.61 Å². The fraction of sp³-hybridized carbons (Fsp3) is 0.733. The fourth-order valence-electron chi connectivity index (χ4n) is 7.01. The molecule has 0 bridgehead atoms. The number of rotatable bonds is 9. The minimum Gasteiger partial charge on any atom is -0.494 e. The van der Waals surface area contributed by atoms with Gasteiger partial charge >= 0.3 is 0 Å². The van der Waals surface area contributed by atoms with Crippen LogP contribution in [0.25, 0.3) is 0 Å². The second-order valence-electron chi connectivity index (χ2n) is 10.9. The van der Waals surface area contributed by atoms with Gasteiger partial charge in [-0.3, -0.25) is 0 Å². The van der Waals surface area contributed by atoms with E-state index in [4.69, 9.17) is 4.74 Å². The van der Waals surface area contributed by atoms with E-state index in [1.807, 2.05) is 0 Å². The Kier molecular flexibility index (Phi) is 8.56. The SMILES string of the molecule is C/C=C/CCC1CCC2CC(C3CCc4cc(OCCCCC)ccc4C3)CCC2C1. The van der Waals surface area contributed by atoms with Gasteiger partial charge in [0.05, 0.1) is 6.61 Å². The summed E-state index contributed by atoms with van der Waals surface area (Å²) >= 11 is 0. The molecule has 0 heterocycles. The van der Waals surface area contributed by atoms with Gasteiger partial charge in [0.25, 0.3) is 0 Å². The Bertz CT molecular complexity index is 704. The molecular formula is C30H46O. The third-order valence-electron chi connectivity index (χ3n) is 8.87. The fourth-order valence-corrected chi connectivity index (χ4v) is 7.01. The van der Waals surface area contributed by atoms with Gasteiger partial charge in [-0.05, 0) is 130 Å². The number of benzene rings is 1. The van der Waals surface area contributed by atoms with Crippen LogP contribution in [-0.2, 0) is 12.8 Å². The van der Waals surface area contributed by atoms with Crippen LogP contribution < -0.4 is 4.74 Å². The first-order chi connectivity index (χ1) is 15.3. The van der Waals surface area contributed by atoms with Crippen molar-refractivity contribution >= 4 is 0 Å². The number of allylic oxidation sites excluding steroid dienone is 2. The van der Waals surface area contributed by atoms with Crippen LogP contribution in [0.4, 0.5) is 0 Å². The van der Waals surface area contributed by atoms with Crippen molar-refractivity contribution < 1.29 is 4.74 Å². The van der Waals surface area contributed by atoms with E-state index >= 15 is 0 Å². The zero-order chi connectivity index (χ0) is 21.5. The zero-order valence-corrected chi connectivity index (χ0v) is 20.3. The number of hydrogen-bond donors (Lipinski definition) is 0. The van der Waals surface area contributed by atoms with Gasteiger partial charge in [0.2, 0.25) is 0 Å². The molecule has 31 heavy (non-hydrogen) atoms. The van der Waals surface area contributed by atoms with Crippen LogP contribution >= 0.6 is 0 Å². The Hall–Kier alpha value is -1.24. The molecule has 2 fully saturated rings. The lowest BCUT2D eigenvalue weighted by Crippen LogP contribution is -2.35. The third-order valence-corrected chi connectivity index (χ3v) is 8.87. The quantitative estimate of drug-likeness (QED) is 0.286. The van der Waals surface area contributed by atoms with E-state index in [2.05, 4.69) is 44.2 Å². The highest BCUT2D eigenvalue weighted by molar-refractivity contribution is 5.37. The summed E-state index contributed by atoms with van der Waals surface area (Å²) in [5.41, 5.74) is 3.19. The maximum absolute atomic E-state index is 6.01. The maximum atomic E-state index is 6.01. The van der Waals surface area contributed by atoms with Crippen LogP contribution in [0.5, 0.6) is 5.75 Å². The molecule has 3 aliphatic carbocycles. The van der Waals surface area contributed by atoms with Crippen LogP contribution in [0.15, 0.2) is 30.4 Å². The van der Waals surface area contributed by atoms with E-state index in [0.29, 0.717) is 0 Å². The predicted molar refractivity (Wildman–Crippen MR) is 133 cm³/mol. The summed E-state index contributed by atoms with van der Waals surface area (Å²) in [6.07, 6.45) is 24.1. The summed E-state index contributed by atoms with van der Waals surface area (Å²) in [5.74, 6) is 6.10. The van der Waals surface area contributed by atoms with E-state index in [0.717, 1.165) is 41.9 Å². The minimum absolute atomic E-state index is 0.871. The number of fused-ring (bicyclic) bond motifs is 2. The summed E-state index contributed by atoms with van der Waals surface area (Å²) in [6, 6.07) is 6.97. The van der Waals surface area contributed by atoms with Crippen molar-refractivity contribution in [3.8, 4) is 5.75 Å². The van der Waals surface area contributed by atoms with Crippen LogP contribution in [0, 0.1) is 29.6 Å². The number of unbranched alkanes of at least 4 members (excludes halogenated alkanes) is 2. The molecule has 0 spiro atoms. The first-order valence-electron chi connectivity index (χ1n) is 13.6. The lowest BCUT2D eigenvalue weighted by atomic mass is 9.61. The third kappa shape index (κ3) is 6.17. The molecule has 5 atom stereocenters. The molecule has 172 valence electrons. The molecule has 1 heteroatoms. The molecule has 0 saturated heterocycles. The van der Waals surface area contributed by atoms with Crippen LogP contribution in [0.2, 0.25) is 0 Å². The molecule has 0 aromatic heterocycles. The molecule has 5 unspecified atom stereocenters. The standard InChI is InChI=1S/C30H46O/c1-3-5-7-9-23-10-11-25-20-26(13-12-24(25)19-23)27-14-15-29-22-30(17-16-28(29)21-27)31-18-8-6-4-2/h3,5,16-17,22-27H,4,6-15,18-21H2,1-2H3/b5-3+. The molecule has 0 N–H and O–H groups in total. The molecule has 0 radical (unpaired) electrons. The minimum atomic E-state index is 0.871. The number of aryl methyl sites for hydroxylation is 1. The predicted octanol–water partition coefficient (Wildman–Crippen LogP) is 8.55. The zero-order valence-electron chi connectivity index (χ0n) is 20.3. The Morgan fingerprint density at radius 1 is 0.903 bits per heavy atom. The molecule has 4 rings (SSSR count). The van der Waals surface area contributed by atoms with Crippen LogP contribution in [-0.4, -0.2) is 6.61 Å². The summed E-state index contributed by atoms with van der Waals surface area (Å²) in [7, 11) is 0. The van der Waals surface area contributed by atoms with E-state index in [1.54, 1.807) is 11.1 Å². The van der Waals surface area contributed by atoms with Gasteiger partial charge in [-0.2, -0.15) is 0 Å². The normalized spacial score (nSPS) is 30.7. The van der Waals surface area contributed by atoms with Crippen molar-refractivity contribution in [2.45, 2.75) is 104 Å². The van der Waals surface area contributed by atoms with E-state index in [1.165, 1.54) is 89.9 Å². The van der Waals surface area contributed by atoms with Gasteiger partial charge in [-0.15, -0.1) is 0 Å². The Morgan fingerprint density at radius 3 is 2.55 bits per heavy atom. The van der Waals surface area contributed by atoms with Gasteiger partial charge in [0, 0.05) is 0 Å². The van der Waals surface area contributed by atoms with Gasteiger partial charge in [0.1, 0.15) is 5.75 Å². The number of ether oxygens (including phenoxy) is 1. The van der Waals surface area contributed by atoms with E-state index in [-0.39, 0.29) is 0 Å².